The van der Waals surface area contributed by atoms with Crippen LogP contribution in [-0.2, 0) is 17.8 Å². The van der Waals surface area contributed by atoms with Gasteiger partial charge in [0.05, 0.1) is 13.5 Å². The number of hydrogen-bond donors (Lipinski definition) is 2. The van der Waals surface area contributed by atoms with Gasteiger partial charge in [-0.15, -0.1) is 0 Å². The molecule has 5 heteroatoms. The minimum absolute atomic E-state index is 0.0429. The zero-order valence-corrected chi connectivity index (χ0v) is 15.8. The lowest BCUT2D eigenvalue weighted by Crippen LogP contribution is -2.24. The zero-order valence-electron chi connectivity index (χ0n) is 15.8. The maximum absolute atomic E-state index is 12.3. The Morgan fingerprint density at radius 2 is 1.78 bits per heavy atom. The molecule has 140 valence electrons. The number of fused-ring (bicyclic) bond motifs is 1. The highest BCUT2D eigenvalue weighted by Gasteiger charge is 2.09. The largest absolute Gasteiger partial charge is 0.497 e. The summed E-state index contributed by atoms with van der Waals surface area (Å²) in [5.74, 6) is 0.897. The molecule has 1 amide bonds. The van der Waals surface area contributed by atoms with Gasteiger partial charge in [0.25, 0.3) is 5.56 Å². The van der Waals surface area contributed by atoms with Crippen LogP contribution in [0.2, 0.25) is 0 Å². The third-order valence-corrected chi connectivity index (χ3v) is 4.57. The average molecular weight is 364 g/mol. The quantitative estimate of drug-likeness (QED) is 0.703. The van der Waals surface area contributed by atoms with Crippen LogP contribution < -0.4 is 15.6 Å². The van der Waals surface area contributed by atoms with Gasteiger partial charge in [-0.2, -0.15) is 0 Å². The molecule has 0 saturated carbocycles. The van der Waals surface area contributed by atoms with Crippen molar-refractivity contribution in [1.29, 1.82) is 0 Å². The predicted octanol–water partition coefficient (Wildman–Crippen LogP) is 3.52. The lowest BCUT2D eigenvalue weighted by Gasteiger charge is -2.09. The molecule has 27 heavy (non-hydrogen) atoms. The van der Waals surface area contributed by atoms with Crippen molar-refractivity contribution in [2.75, 3.05) is 7.11 Å². The molecule has 0 aliphatic carbocycles. The summed E-state index contributed by atoms with van der Waals surface area (Å²) in [6, 6.07) is 15.2. The molecular formula is C22H24N2O3. The van der Waals surface area contributed by atoms with Crippen LogP contribution in [0.25, 0.3) is 10.9 Å². The highest BCUT2D eigenvalue weighted by Crippen LogP contribution is 2.18. The van der Waals surface area contributed by atoms with Crippen molar-refractivity contribution < 1.29 is 9.53 Å². The summed E-state index contributed by atoms with van der Waals surface area (Å²) in [7, 11) is 1.63. The molecule has 0 unspecified atom stereocenters. The van der Waals surface area contributed by atoms with Gasteiger partial charge >= 0.3 is 0 Å². The first-order valence-corrected chi connectivity index (χ1v) is 9.01. The van der Waals surface area contributed by atoms with E-state index >= 15 is 0 Å². The molecule has 2 aromatic carbocycles. The Morgan fingerprint density at radius 1 is 1.07 bits per heavy atom. The van der Waals surface area contributed by atoms with Crippen LogP contribution >= 0.6 is 0 Å². The Balaban J connectivity index is 1.68. The van der Waals surface area contributed by atoms with Gasteiger partial charge in [-0.05, 0) is 52.8 Å². The number of nitrogens with one attached hydrogen (secondary N) is 2. The van der Waals surface area contributed by atoms with Gasteiger partial charge in [0.15, 0.2) is 0 Å². The van der Waals surface area contributed by atoms with Crippen molar-refractivity contribution in [3.8, 4) is 5.75 Å². The van der Waals surface area contributed by atoms with Crippen molar-refractivity contribution in [3.05, 3.63) is 75.6 Å². The molecule has 3 rings (SSSR count). The van der Waals surface area contributed by atoms with Crippen molar-refractivity contribution in [1.82, 2.24) is 10.3 Å². The minimum Gasteiger partial charge on any atom is -0.497 e. The van der Waals surface area contributed by atoms with E-state index in [1.165, 1.54) is 0 Å². The van der Waals surface area contributed by atoms with Crippen LogP contribution in [0.4, 0.5) is 0 Å². The molecule has 0 aliphatic rings. The highest BCUT2D eigenvalue weighted by molar-refractivity contribution is 5.83. The number of ether oxygens (including phenoxy) is 1. The molecule has 2 N–H and O–H groups in total. The van der Waals surface area contributed by atoms with E-state index in [2.05, 4.69) is 10.3 Å². The molecule has 0 spiro atoms. The number of methoxy groups -OCH3 is 1. The number of aromatic amines is 1. The Hall–Kier alpha value is -3.08. The number of amides is 1. The third-order valence-electron chi connectivity index (χ3n) is 4.57. The fourth-order valence-electron chi connectivity index (χ4n) is 3.00. The Bertz CT molecular complexity index is 1000. The van der Waals surface area contributed by atoms with Gasteiger partial charge in [0, 0.05) is 17.6 Å². The smallest absolute Gasteiger partial charge is 0.251 e. The summed E-state index contributed by atoms with van der Waals surface area (Å²) in [4.78, 5) is 27.3. The van der Waals surface area contributed by atoms with Gasteiger partial charge < -0.3 is 15.0 Å². The van der Waals surface area contributed by atoms with Gasteiger partial charge in [-0.1, -0.05) is 32.0 Å². The van der Waals surface area contributed by atoms with Crippen LogP contribution in [0.5, 0.6) is 5.75 Å². The number of H-pyrrole nitrogens is 1. The van der Waals surface area contributed by atoms with E-state index in [0.717, 1.165) is 33.3 Å². The molecule has 5 nitrogen and oxygen atoms in total. The number of rotatable bonds is 6. The summed E-state index contributed by atoms with van der Waals surface area (Å²) >= 11 is 0. The second-order valence-electron chi connectivity index (χ2n) is 6.93. The number of pyridine rings is 1. The van der Waals surface area contributed by atoms with E-state index in [-0.39, 0.29) is 17.4 Å². The first kappa shape index (κ1) is 18.7. The van der Waals surface area contributed by atoms with Crippen LogP contribution in [0.3, 0.4) is 0 Å². The fourth-order valence-corrected chi connectivity index (χ4v) is 3.00. The second kappa shape index (κ2) is 8.08. The molecule has 0 fully saturated rings. The minimum atomic E-state index is -0.0533. The van der Waals surface area contributed by atoms with Crippen molar-refractivity contribution >= 4 is 16.8 Å². The van der Waals surface area contributed by atoms with E-state index in [9.17, 15) is 9.59 Å². The summed E-state index contributed by atoms with van der Waals surface area (Å²) in [5.41, 5.74) is 3.41. The Labute approximate surface area is 158 Å². The summed E-state index contributed by atoms with van der Waals surface area (Å²) in [5, 5.41) is 3.88. The van der Waals surface area contributed by atoms with Crippen molar-refractivity contribution in [3.63, 3.8) is 0 Å². The maximum atomic E-state index is 12.3. The van der Waals surface area contributed by atoms with E-state index in [1.807, 2.05) is 62.4 Å². The predicted molar refractivity (Wildman–Crippen MR) is 107 cm³/mol. The van der Waals surface area contributed by atoms with E-state index in [4.69, 9.17) is 4.74 Å². The molecular weight excluding hydrogens is 340 g/mol. The monoisotopic (exact) mass is 364 g/mol. The number of aromatic nitrogens is 1. The van der Waals surface area contributed by atoms with Gasteiger partial charge in [0.2, 0.25) is 5.91 Å². The van der Waals surface area contributed by atoms with Crippen molar-refractivity contribution in [2.45, 2.75) is 32.7 Å². The third kappa shape index (κ3) is 4.56. The van der Waals surface area contributed by atoms with Crippen LogP contribution in [-0.4, -0.2) is 18.0 Å². The molecule has 0 aliphatic heterocycles. The highest BCUT2D eigenvalue weighted by atomic mass is 16.5. The van der Waals surface area contributed by atoms with E-state index in [0.29, 0.717) is 13.0 Å². The summed E-state index contributed by atoms with van der Waals surface area (Å²) in [6.07, 6.45) is 0.294. The van der Waals surface area contributed by atoms with Gasteiger partial charge in [-0.3, -0.25) is 9.59 Å². The number of carbonyl (C=O) groups excluding carboxylic acids is 1. The van der Waals surface area contributed by atoms with E-state index in [1.54, 1.807) is 7.11 Å². The second-order valence-corrected chi connectivity index (χ2v) is 6.93. The number of benzene rings is 2. The number of carbonyl (C=O) groups is 1. The molecule has 0 saturated heterocycles. The zero-order chi connectivity index (χ0) is 19.4. The van der Waals surface area contributed by atoms with Crippen LogP contribution in [0.15, 0.2) is 53.3 Å². The standard InChI is InChI=1S/C22H24N2O3/c1-14(2)19-12-17-10-16(6-9-20(17)24-22(19)26)11-21(25)23-13-15-4-7-18(27-3)8-5-15/h4-10,12,14H,11,13H2,1-3H3,(H,23,25)(H,24,26). The summed E-state index contributed by atoms with van der Waals surface area (Å²) < 4.78 is 5.13. The first-order valence-electron chi connectivity index (χ1n) is 9.01. The summed E-state index contributed by atoms with van der Waals surface area (Å²) in [6.45, 7) is 4.46. The molecule has 1 heterocycles. The number of hydrogen-bond acceptors (Lipinski definition) is 3. The van der Waals surface area contributed by atoms with Gasteiger partial charge in [0.1, 0.15) is 5.75 Å². The lowest BCUT2D eigenvalue weighted by molar-refractivity contribution is -0.120. The first-order chi connectivity index (χ1) is 13.0. The maximum Gasteiger partial charge on any atom is 0.251 e. The molecule has 0 bridgehead atoms. The molecule has 0 radical (unpaired) electrons. The fraction of sp³-hybridized carbons (Fsp3) is 0.273. The normalized spacial score (nSPS) is 11.0. The molecule has 1 aromatic heterocycles. The SMILES string of the molecule is COc1ccc(CNC(=O)Cc2ccc3[nH]c(=O)c(C(C)C)cc3c2)cc1. The molecule has 3 aromatic rings. The Kier molecular flexibility index (Phi) is 5.60. The van der Waals surface area contributed by atoms with E-state index < -0.39 is 0 Å². The topological polar surface area (TPSA) is 71.2 Å². The van der Waals surface area contributed by atoms with Crippen LogP contribution in [0, 0.1) is 0 Å². The lowest BCUT2D eigenvalue weighted by atomic mass is 10.0. The van der Waals surface area contributed by atoms with Crippen molar-refractivity contribution in [2.24, 2.45) is 0 Å². The molecule has 0 atom stereocenters. The van der Waals surface area contributed by atoms with Crippen LogP contribution in [0.1, 0.15) is 36.5 Å². The average Bonchev–Trinajstić information content (AvgIpc) is 2.66. The Morgan fingerprint density at radius 3 is 2.44 bits per heavy atom. The van der Waals surface area contributed by atoms with Gasteiger partial charge in [-0.25, -0.2) is 0 Å².